The molecule has 0 spiro atoms. The number of aromatic amines is 2. The average Bonchev–Trinajstić information content (AvgIpc) is 2.44. The van der Waals surface area contributed by atoms with Crippen LogP contribution >= 0.6 is 0 Å². The molecular weight excluding hydrogens is 330 g/mol. The van der Waals surface area contributed by atoms with Crippen LogP contribution in [-0.4, -0.2) is 32.6 Å². The van der Waals surface area contributed by atoms with Crippen LogP contribution in [0.5, 0.6) is 5.88 Å². The second kappa shape index (κ2) is 6.63. The molecule has 0 saturated carbocycles. The fraction of sp³-hybridized carbons (Fsp3) is 0.250. The van der Waals surface area contributed by atoms with Gasteiger partial charge in [-0.25, -0.2) is 9.59 Å². The summed E-state index contributed by atoms with van der Waals surface area (Å²) in [6, 6.07) is 5.77. The van der Waals surface area contributed by atoms with E-state index in [9.17, 15) is 24.3 Å². The topological polar surface area (TPSA) is 141 Å². The lowest BCUT2D eigenvalue weighted by Crippen LogP contribution is -2.30. The third-order valence-electron chi connectivity index (χ3n) is 2.93. The Hall–Kier alpha value is -3.36. The molecule has 1 aromatic heterocycles. The molecule has 1 heterocycles. The van der Waals surface area contributed by atoms with Crippen molar-refractivity contribution in [1.29, 1.82) is 0 Å². The summed E-state index contributed by atoms with van der Waals surface area (Å²) in [7, 11) is 0. The Morgan fingerprint density at radius 1 is 1.08 bits per heavy atom. The molecule has 1 amide bonds. The second-order valence-corrected chi connectivity index (χ2v) is 6.17. The molecule has 0 unspecified atom stereocenters. The van der Waals surface area contributed by atoms with E-state index < -0.39 is 40.2 Å². The van der Waals surface area contributed by atoms with E-state index in [0.29, 0.717) is 0 Å². The normalized spacial score (nSPS) is 11.0. The summed E-state index contributed by atoms with van der Waals surface area (Å²) in [4.78, 5) is 50.4. The maximum absolute atomic E-state index is 12.1. The summed E-state index contributed by atoms with van der Waals surface area (Å²) in [6.45, 7) is 5.23. The fourth-order valence-electron chi connectivity index (χ4n) is 1.91. The highest BCUT2D eigenvalue weighted by molar-refractivity contribution is 6.05. The van der Waals surface area contributed by atoms with Crippen molar-refractivity contribution in [3.05, 3.63) is 56.2 Å². The number of esters is 1. The first kappa shape index (κ1) is 18.0. The Balaban J connectivity index is 2.17. The highest BCUT2D eigenvalue weighted by atomic mass is 16.6. The van der Waals surface area contributed by atoms with Crippen molar-refractivity contribution in [3.63, 3.8) is 0 Å². The minimum Gasteiger partial charge on any atom is -0.494 e. The van der Waals surface area contributed by atoms with Gasteiger partial charge in [-0.2, -0.15) is 0 Å². The Morgan fingerprint density at radius 2 is 1.68 bits per heavy atom. The molecule has 1 aromatic carbocycles. The third kappa shape index (κ3) is 4.56. The smallest absolute Gasteiger partial charge is 0.338 e. The molecule has 25 heavy (non-hydrogen) atoms. The number of nitrogens with one attached hydrogen (secondary N) is 3. The van der Waals surface area contributed by atoms with Gasteiger partial charge < -0.3 is 15.2 Å². The zero-order valence-corrected chi connectivity index (χ0v) is 13.8. The average molecular weight is 347 g/mol. The largest absolute Gasteiger partial charge is 0.494 e. The summed E-state index contributed by atoms with van der Waals surface area (Å²) in [5, 5.41) is 11.9. The minimum atomic E-state index is -1.02. The van der Waals surface area contributed by atoms with Gasteiger partial charge in [0.15, 0.2) is 5.56 Å². The van der Waals surface area contributed by atoms with Crippen LogP contribution in [0.1, 0.15) is 41.5 Å². The summed E-state index contributed by atoms with van der Waals surface area (Å²) in [5.41, 5.74) is -2.65. The lowest BCUT2D eigenvalue weighted by atomic mass is 10.1. The molecule has 0 bridgehead atoms. The van der Waals surface area contributed by atoms with E-state index in [1.54, 1.807) is 20.8 Å². The maximum atomic E-state index is 12.1. The number of ether oxygens (including phenoxy) is 1. The number of hydrogen-bond donors (Lipinski definition) is 4. The molecule has 2 rings (SSSR count). The summed E-state index contributed by atoms with van der Waals surface area (Å²) in [6.07, 6.45) is 0. The predicted octanol–water partition coefficient (Wildman–Crippen LogP) is 0.976. The molecular formula is C16H17N3O6. The molecule has 2 aromatic rings. The van der Waals surface area contributed by atoms with Gasteiger partial charge in [-0.05, 0) is 45.0 Å². The van der Waals surface area contributed by atoms with Gasteiger partial charge in [-0.3, -0.25) is 19.6 Å². The molecule has 4 N–H and O–H groups in total. The summed E-state index contributed by atoms with van der Waals surface area (Å²) < 4.78 is 5.22. The zero-order chi connectivity index (χ0) is 18.8. The maximum Gasteiger partial charge on any atom is 0.338 e. The third-order valence-corrected chi connectivity index (χ3v) is 2.93. The zero-order valence-electron chi connectivity index (χ0n) is 13.8. The lowest BCUT2D eigenvalue weighted by Gasteiger charge is -2.19. The monoisotopic (exact) mass is 347 g/mol. The van der Waals surface area contributed by atoms with Gasteiger partial charge in [0.25, 0.3) is 11.5 Å². The Morgan fingerprint density at radius 3 is 2.20 bits per heavy atom. The van der Waals surface area contributed by atoms with Crippen LogP contribution < -0.4 is 16.6 Å². The first-order valence-corrected chi connectivity index (χ1v) is 7.27. The molecule has 0 fully saturated rings. The van der Waals surface area contributed by atoms with Crippen LogP contribution in [0, 0.1) is 0 Å². The number of H-pyrrole nitrogens is 2. The van der Waals surface area contributed by atoms with E-state index in [1.165, 1.54) is 24.3 Å². The number of anilines is 1. The Labute approximate surface area is 141 Å². The van der Waals surface area contributed by atoms with Crippen LogP contribution in [0.3, 0.4) is 0 Å². The Bertz CT molecular complexity index is 919. The quantitative estimate of drug-likeness (QED) is 0.610. The number of hydrogen-bond acceptors (Lipinski definition) is 6. The standard InChI is InChI=1S/C16H17N3O6/c1-16(2,3)25-14(23)8-4-6-9(7-5-8)17-11(20)10-12(21)18-15(24)19-13(10)22/h4-7H,1-3H3,(H,17,20)(H3,18,19,21,22,24). The van der Waals surface area contributed by atoms with Crippen LogP contribution in [0.4, 0.5) is 5.69 Å². The number of benzene rings is 1. The molecule has 0 atom stereocenters. The van der Waals surface area contributed by atoms with Gasteiger partial charge in [-0.15, -0.1) is 0 Å². The van der Waals surface area contributed by atoms with E-state index in [2.05, 4.69) is 5.32 Å². The van der Waals surface area contributed by atoms with Crippen molar-refractivity contribution >= 4 is 17.6 Å². The Kier molecular flexibility index (Phi) is 4.77. The summed E-state index contributed by atoms with van der Waals surface area (Å²) in [5.74, 6) is -2.27. The molecule has 9 nitrogen and oxygen atoms in total. The van der Waals surface area contributed by atoms with Crippen LogP contribution in [0.2, 0.25) is 0 Å². The summed E-state index contributed by atoms with van der Waals surface area (Å²) >= 11 is 0. The highest BCUT2D eigenvalue weighted by Crippen LogP contribution is 2.16. The van der Waals surface area contributed by atoms with E-state index in [0.717, 1.165) is 0 Å². The van der Waals surface area contributed by atoms with E-state index >= 15 is 0 Å². The van der Waals surface area contributed by atoms with Gasteiger partial charge >= 0.3 is 11.7 Å². The fourth-order valence-corrected chi connectivity index (χ4v) is 1.91. The number of aromatic hydroxyl groups is 1. The SMILES string of the molecule is CC(C)(C)OC(=O)c1ccc(NC(=O)c2c(O)[nH]c(=O)[nH]c2=O)cc1. The molecule has 0 aliphatic rings. The van der Waals surface area contributed by atoms with E-state index in [1.807, 2.05) is 9.97 Å². The molecule has 0 radical (unpaired) electrons. The molecule has 9 heteroatoms. The number of carbonyl (C=O) groups excluding carboxylic acids is 2. The van der Waals surface area contributed by atoms with Crippen molar-refractivity contribution in [1.82, 2.24) is 9.97 Å². The molecule has 132 valence electrons. The molecule has 0 aliphatic heterocycles. The van der Waals surface area contributed by atoms with Crippen molar-refractivity contribution in [3.8, 4) is 5.88 Å². The first-order chi connectivity index (χ1) is 11.6. The van der Waals surface area contributed by atoms with E-state index in [4.69, 9.17) is 4.74 Å². The van der Waals surface area contributed by atoms with Crippen LogP contribution in [0.25, 0.3) is 0 Å². The van der Waals surface area contributed by atoms with Gasteiger partial charge in [0.2, 0.25) is 5.88 Å². The number of carbonyl (C=O) groups is 2. The predicted molar refractivity (Wildman–Crippen MR) is 88.9 cm³/mol. The highest BCUT2D eigenvalue weighted by Gasteiger charge is 2.19. The second-order valence-electron chi connectivity index (χ2n) is 6.17. The van der Waals surface area contributed by atoms with Crippen LogP contribution in [0.15, 0.2) is 33.9 Å². The minimum absolute atomic E-state index is 0.280. The first-order valence-electron chi connectivity index (χ1n) is 7.27. The van der Waals surface area contributed by atoms with Gasteiger partial charge in [0.1, 0.15) is 5.60 Å². The van der Waals surface area contributed by atoms with Crippen molar-refractivity contribution < 1.29 is 19.4 Å². The molecule has 0 saturated heterocycles. The number of aromatic nitrogens is 2. The molecule has 0 aliphatic carbocycles. The van der Waals surface area contributed by atoms with Crippen molar-refractivity contribution in [2.75, 3.05) is 5.32 Å². The van der Waals surface area contributed by atoms with Crippen molar-refractivity contribution in [2.24, 2.45) is 0 Å². The van der Waals surface area contributed by atoms with Crippen LogP contribution in [-0.2, 0) is 4.74 Å². The number of amides is 1. The van der Waals surface area contributed by atoms with E-state index in [-0.39, 0.29) is 11.3 Å². The number of rotatable bonds is 3. The van der Waals surface area contributed by atoms with Gasteiger partial charge in [0.05, 0.1) is 5.56 Å². The van der Waals surface area contributed by atoms with Crippen molar-refractivity contribution in [2.45, 2.75) is 26.4 Å². The van der Waals surface area contributed by atoms with Gasteiger partial charge in [-0.1, -0.05) is 0 Å². The van der Waals surface area contributed by atoms with Gasteiger partial charge in [0, 0.05) is 5.69 Å². The lowest BCUT2D eigenvalue weighted by molar-refractivity contribution is 0.00695.